The quantitative estimate of drug-likeness (QED) is 0.786. The standard InChI is InChI=1S/C18H21N3O2/c1-3-11-19-17(22)14-7-9-15(10-8-14)20-18(23)21-16-6-4-5-13(2)12-16/h4-10,12H,3,11H2,1-2H3,(H,19,22)(H2,20,21,23). The lowest BCUT2D eigenvalue weighted by atomic mass is 10.2. The molecule has 2 aromatic rings. The Labute approximate surface area is 136 Å². The summed E-state index contributed by atoms with van der Waals surface area (Å²) in [6.07, 6.45) is 0.893. The molecular formula is C18H21N3O2. The molecule has 0 aliphatic heterocycles. The summed E-state index contributed by atoms with van der Waals surface area (Å²) in [6, 6.07) is 14.0. The van der Waals surface area contributed by atoms with Crippen LogP contribution in [0.25, 0.3) is 0 Å². The highest BCUT2D eigenvalue weighted by Crippen LogP contribution is 2.12. The molecule has 0 aliphatic carbocycles. The Kier molecular flexibility index (Phi) is 5.74. The van der Waals surface area contributed by atoms with Crippen molar-refractivity contribution < 1.29 is 9.59 Å². The van der Waals surface area contributed by atoms with E-state index in [1.807, 2.05) is 38.1 Å². The van der Waals surface area contributed by atoms with Gasteiger partial charge in [0.1, 0.15) is 0 Å². The first kappa shape index (κ1) is 16.5. The Hall–Kier alpha value is -2.82. The van der Waals surface area contributed by atoms with Gasteiger partial charge in [-0.15, -0.1) is 0 Å². The van der Waals surface area contributed by atoms with Crippen LogP contribution in [-0.4, -0.2) is 18.5 Å². The zero-order valence-electron chi connectivity index (χ0n) is 13.3. The van der Waals surface area contributed by atoms with Gasteiger partial charge in [0.2, 0.25) is 0 Å². The second kappa shape index (κ2) is 7.98. The van der Waals surface area contributed by atoms with Crippen molar-refractivity contribution in [1.82, 2.24) is 5.32 Å². The van der Waals surface area contributed by atoms with Gasteiger partial charge in [0.25, 0.3) is 5.91 Å². The Bertz CT molecular complexity index is 681. The van der Waals surface area contributed by atoms with E-state index >= 15 is 0 Å². The van der Waals surface area contributed by atoms with Crippen molar-refractivity contribution in [3.05, 3.63) is 59.7 Å². The molecule has 3 N–H and O–H groups in total. The maximum atomic E-state index is 12.0. The SMILES string of the molecule is CCCNC(=O)c1ccc(NC(=O)Nc2cccc(C)c2)cc1. The molecule has 0 atom stereocenters. The number of benzene rings is 2. The van der Waals surface area contributed by atoms with Crippen molar-refractivity contribution in [2.24, 2.45) is 0 Å². The largest absolute Gasteiger partial charge is 0.352 e. The van der Waals surface area contributed by atoms with Crippen molar-refractivity contribution in [1.29, 1.82) is 0 Å². The third kappa shape index (κ3) is 5.14. The second-order valence-corrected chi connectivity index (χ2v) is 5.28. The molecule has 0 spiro atoms. The molecule has 0 saturated heterocycles. The van der Waals surface area contributed by atoms with Crippen LogP contribution in [-0.2, 0) is 0 Å². The van der Waals surface area contributed by atoms with Gasteiger partial charge in [-0.05, 0) is 55.3 Å². The van der Waals surface area contributed by atoms with E-state index in [0.717, 1.165) is 17.7 Å². The Morgan fingerprint density at radius 1 is 0.957 bits per heavy atom. The van der Waals surface area contributed by atoms with Gasteiger partial charge in [-0.1, -0.05) is 19.1 Å². The van der Waals surface area contributed by atoms with Gasteiger partial charge in [0.05, 0.1) is 0 Å². The van der Waals surface area contributed by atoms with Gasteiger partial charge in [-0.2, -0.15) is 0 Å². The van der Waals surface area contributed by atoms with Gasteiger partial charge in [-0.3, -0.25) is 4.79 Å². The minimum atomic E-state index is -0.321. The number of hydrogen-bond donors (Lipinski definition) is 3. The maximum absolute atomic E-state index is 12.0. The fraction of sp³-hybridized carbons (Fsp3) is 0.222. The summed E-state index contributed by atoms with van der Waals surface area (Å²) in [4.78, 5) is 23.8. The molecule has 5 heteroatoms. The summed E-state index contributed by atoms with van der Waals surface area (Å²) in [5.41, 5.74) is 3.01. The van der Waals surface area contributed by atoms with Crippen molar-refractivity contribution in [2.45, 2.75) is 20.3 Å². The van der Waals surface area contributed by atoms with Crippen LogP contribution in [0.3, 0.4) is 0 Å². The minimum Gasteiger partial charge on any atom is -0.352 e. The molecule has 3 amide bonds. The number of hydrogen-bond acceptors (Lipinski definition) is 2. The Balaban J connectivity index is 1.92. The molecule has 5 nitrogen and oxygen atoms in total. The molecule has 0 bridgehead atoms. The number of carbonyl (C=O) groups is 2. The van der Waals surface area contributed by atoms with Gasteiger partial charge in [0, 0.05) is 23.5 Å². The predicted octanol–water partition coefficient (Wildman–Crippen LogP) is 3.78. The van der Waals surface area contributed by atoms with E-state index in [9.17, 15) is 9.59 Å². The first-order valence-electron chi connectivity index (χ1n) is 7.61. The first-order chi connectivity index (χ1) is 11.1. The number of anilines is 2. The van der Waals surface area contributed by atoms with Gasteiger partial charge >= 0.3 is 6.03 Å². The first-order valence-corrected chi connectivity index (χ1v) is 7.61. The Morgan fingerprint density at radius 3 is 2.30 bits per heavy atom. The number of aryl methyl sites for hydroxylation is 1. The highest BCUT2D eigenvalue weighted by molar-refractivity contribution is 6.00. The number of rotatable bonds is 5. The second-order valence-electron chi connectivity index (χ2n) is 5.28. The molecule has 0 fully saturated rings. The monoisotopic (exact) mass is 311 g/mol. The zero-order valence-corrected chi connectivity index (χ0v) is 13.3. The van der Waals surface area contributed by atoms with E-state index < -0.39 is 0 Å². The van der Waals surface area contributed by atoms with E-state index in [2.05, 4.69) is 16.0 Å². The molecule has 0 radical (unpaired) electrons. The van der Waals surface area contributed by atoms with E-state index in [1.54, 1.807) is 24.3 Å². The van der Waals surface area contributed by atoms with Crippen molar-refractivity contribution in [3.8, 4) is 0 Å². The molecule has 120 valence electrons. The average molecular weight is 311 g/mol. The van der Waals surface area contributed by atoms with Gasteiger partial charge < -0.3 is 16.0 Å². The van der Waals surface area contributed by atoms with E-state index in [4.69, 9.17) is 0 Å². The van der Waals surface area contributed by atoms with Crippen LogP contribution in [0.15, 0.2) is 48.5 Å². The number of carbonyl (C=O) groups excluding carboxylic acids is 2. The summed E-state index contributed by atoms with van der Waals surface area (Å²) in [7, 11) is 0. The van der Waals surface area contributed by atoms with Crippen LogP contribution in [0.5, 0.6) is 0 Å². The van der Waals surface area contributed by atoms with Crippen LogP contribution in [0.4, 0.5) is 16.2 Å². The van der Waals surface area contributed by atoms with Crippen LogP contribution in [0.2, 0.25) is 0 Å². The van der Waals surface area contributed by atoms with Crippen LogP contribution in [0, 0.1) is 6.92 Å². The third-order valence-electron chi connectivity index (χ3n) is 3.22. The highest BCUT2D eigenvalue weighted by Gasteiger charge is 2.06. The highest BCUT2D eigenvalue weighted by atomic mass is 16.2. The molecule has 0 unspecified atom stereocenters. The van der Waals surface area contributed by atoms with Gasteiger partial charge in [0.15, 0.2) is 0 Å². The van der Waals surface area contributed by atoms with E-state index in [-0.39, 0.29) is 11.9 Å². The lowest BCUT2D eigenvalue weighted by molar-refractivity contribution is 0.0953. The smallest absolute Gasteiger partial charge is 0.323 e. The van der Waals surface area contributed by atoms with Gasteiger partial charge in [-0.25, -0.2) is 4.79 Å². The number of amides is 3. The maximum Gasteiger partial charge on any atom is 0.323 e. The zero-order chi connectivity index (χ0) is 16.7. The lowest BCUT2D eigenvalue weighted by Crippen LogP contribution is -2.24. The molecule has 2 aromatic carbocycles. The summed E-state index contributed by atoms with van der Waals surface area (Å²) >= 11 is 0. The summed E-state index contributed by atoms with van der Waals surface area (Å²) in [6.45, 7) is 4.61. The van der Waals surface area contributed by atoms with E-state index in [1.165, 1.54) is 0 Å². The summed E-state index contributed by atoms with van der Waals surface area (Å²) in [5.74, 6) is -0.109. The summed E-state index contributed by atoms with van der Waals surface area (Å²) < 4.78 is 0. The number of nitrogens with one attached hydrogen (secondary N) is 3. The fourth-order valence-electron chi connectivity index (χ4n) is 2.06. The average Bonchev–Trinajstić information content (AvgIpc) is 2.53. The van der Waals surface area contributed by atoms with Crippen LogP contribution < -0.4 is 16.0 Å². The minimum absolute atomic E-state index is 0.109. The normalized spacial score (nSPS) is 10.0. The lowest BCUT2D eigenvalue weighted by Gasteiger charge is -2.09. The predicted molar refractivity (Wildman–Crippen MR) is 92.9 cm³/mol. The number of urea groups is 1. The van der Waals surface area contributed by atoms with Crippen LogP contribution in [0.1, 0.15) is 29.3 Å². The Morgan fingerprint density at radius 2 is 1.65 bits per heavy atom. The third-order valence-corrected chi connectivity index (χ3v) is 3.22. The molecule has 23 heavy (non-hydrogen) atoms. The van der Waals surface area contributed by atoms with Crippen molar-refractivity contribution >= 4 is 23.3 Å². The molecular weight excluding hydrogens is 290 g/mol. The molecule has 0 saturated carbocycles. The van der Waals surface area contributed by atoms with Crippen molar-refractivity contribution in [3.63, 3.8) is 0 Å². The fourth-order valence-corrected chi connectivity index (χ4v) is 2.06. The molecule has 2 rings (SSSR count). The molecule has 0 heterocycles. The van der Waals surface area contributed by atoms with Crippen molar-refractivity contribution in [2.75, 3.05) is 17.2 Å². The topological polar surface area (TPSA) is 70.2 Å². The molecule has 0 aliphatic rings. The van der Waals surface area contributed by atoms with E-state index in [0.29, 0.717) is 17.8 Å². The van der Waals surface area contributed by atoms with Crippen LogP contribution >= 0.6 is 0 Å². The summed E-state index contributed by atoms with van der Waals surface area (Å²) in [5, 5.41) is 8.31. The molecule has 0 aromatic heterocycles.